The van der Waals surface area contributed by atoms with Crippen LogP contribution in [0.4, 0.5) is 5.69 Å². The van der Waals surface area contributed by atoms with Crippen molar-refractivity contribution in [3.8, 4) is 0 Å². The lowest BCUT2D eigenvalue weighted by atomic mass is 9.76. The van der Waals surface area contributed by atoms with Crippen molar-refractivity contribution in [1.82, 2.24) is 4.90 Å². The Bertz CT molecular complexity index is 816. The van der Waals surface area contributed by atoms with Gasteiger partial charge in [0.25, 0.3) is 5.91 Å². The molecule has 3 N–H and O–H groups in total. The SMILES string of the molecule is COCCCN1C(=O)[C@@H]2[C@H](CCSC)[NH2+][C@]3(C(=O)Nc4ccccc43)[C@@H]2C1=O. The highest BCUT2D eigenvalue weighted by Gasteiger charge is 2.73. The predicted molar refractivity (Wildman–Crippen MR) is 106 cm³/mol. The zero-order chi connectivity index (χ0) is 19.9. The molecule has 150 valence electrons. The van der Waals surface area contributed by atoms with Gasteiger partial charge in [0.1, 0.15) is 17.9 Å². The number of hydrogen-bond donors (Lipinski definition) is 2. The summed E-state index contributed by atoms with van der Waals surface area (Å²) < 4.78 is 5.07. The van der Waals surface area contributed by atoms with Crippen molar-refractivity contribution in [3.05, 3.63) is 29.8 Å². The van der Waals surface area contributed by atoms with E-state index in [4.69, 9.17) is 4.74 Å². The number of anilines is 1. The number of benzene rings is 1. The minimum atomic E-state index is -1.05. The summed E-state index contributed by atoms with van der Waals surface area (Å²) in [4.78, 5) is 41.2. The van der Waals surface area contributed by atoms with Gasteiger partial charge < -0.3 is 15.4 Å². The topological polar surface area (TPSA) is 92.3 Å². The Kier molecular flexibility index (Phi) is 5.20. The van der Waals surface area contributed by atoms with Crippen molar-refractivity contribution in [2.45, 2.75) is 24.4 Å². The fourth-order valence-electron chi connectivity index (χ4n) is 5.09. The maximum Gasteiger partial charge on any atom is 0.291 e. The highest BCUT2D eigenvalue weighted by molar-refractivity contribution is 7.98. The number of carbonyl (C=O) groups excluding carboxylic acids is 3. The summed E-state index contributed by atoms with van der Waals surface area (Å²) in [6.07, 6.45) is 3.41. The summed E-state index contributed by atoms with van der Waals surface area (Å²) in [5.74, 6) is -0.773. The summed E-state index contributed by atoms with van der Waals surface area (Å²) in [5.41, 5.74) is 0.514. The van der Waals surface area contributed by atoms with Gasteiger partial charge in [-0.25, -0.2) is 0 Å². The number of carbonyl (C=O) groups is 3. The number of nitrogens with one attached hydrogen (secondary N) is 1. The van der Waals surface area contributed by atoms with Crippen molar-refractivity contribution in [2.24, 2.45) is 11.8 Å². The van der Waals surface area contributed by atoms with E-state index in [-0.39, 0.29) is 23.8 Å². The molecule has 1 aromatic carbocycles. The van der Waals surface area contributed by atoms with Crippen LogP contribution >= 0.6 is 11.8 Å². The number of para-hydroxylation sites is 1. The summed E-state index contributed by atoms with van der Waals surface area (Å²) in [6.45, 7) is 0.829. The van der Waals surface area contributed by atoms with Crippen LogP contribution in [0.25, 0.3) is 0 Å². The maximum atomic E-state index is 13.4. The van der Waals surface area contributed by atoms with Crippen LogP contribution in [-0.2, 0) is 24.7 Å². The number of hydrogen-bond acceptors (Lipinski definition) is 5. The summed E-state index contributed by atoms with van der Waals surface area (Å²) in [5, 5.41) is 4.95. The molecule has 1 aromatic rings. The van der Waals surface area contributed by atoms with Crippen LogP contribution in [0.3, 0.4) is 0 Å². The highest BCUT2D eigenvalue weighted by Crippen LogP contribution is 2.49. The Balaban J connectivity index is 1.75. The van der Waals surface area contributed by atoms with Gasteiger partial charge in [0.05, 0.1) is 5.69 Å². The summed E-state index contributed by atoms with van der Waals surface area (Å²) in [7, 11) is 1.60. The van der Waals surface area contributed by atoms with Gasteiger partial charge in [-0.1, -0.05) is 18.2 Å². The summed E-state index contributed by atoms with van der Waals surface area (Å²) in [6, 6.07) is 7.43. The van der Waals surface area contributed by atoms with Crippen molar-refractivity contribution in [1.29, 1.82) is 0 Å². The number of methoxy groups -OCH3 is 1. The number of ether oxygens (including phenoxy) is 1. The Morgan fingerprint density at radius 3 is 2.79 bits per heavy atom. The molecule has 4 atom stereocenters. The monoisotopic (exact) mass is 404 g/mol. The Morgan fingerprint density at radius 1 is 1.25 bits per heavy atom. The van der Waals surface area contributed by atoms with Crippen molar-refractivity contribution in [3.63, 3.8) is 0 Å². The van der Waals surface area contributed by atoms with Crippen LogP contribution in [0.5, 0.6) is 0 Å². The Hall–Kier alpha value is -1.90. The average Bonchev–Trinajstić information content (AvgIpc) is 3.27. The van der Waals surface area contributed by atoms with Gasteiger partial charge in [0.15, 0.2) is 0 Å². The van der Waals surface area contributed by atoms with E-state index < -0.39 is 17.4 Å². The first-order valence-corrected chi connectivity index (χ1v) is 11.1. The zero-order valence-corrected chi connectivity index (χ0v) is 17.0. The molecule has 4 rings (SSSR count). The first-order valence-electron chi connectivity index (χ1n) is 9.66. The second-order valence-corrected chi connectivity index (χ2v) is 8.64. The number of nitrogens with zero attached hydrogens (tertiary/aromatic N) is 1. The molecule has 2 saturated heterocycles. The molecular formula is C20H26N3O4S+. The maximum absolute atomic E-state index is 13.4. The zero-order valence-electron chi connectivity index (χ0n) is 16.1. The number of thioether (sulfide) groups is 1. The predicted octanol–water partition coefficient (Wildman–Crippen LogP) is 0.170. The molecule has 0 radical (unpaired) electrons. The highest BCUT2D eigenvalue weighted by atomic mass is 32.2. The molecule has 2 fully saturated rings. The van der Waals surface area contributed by atoms with Gasteiger partial charge >= 0.3 is 0 Å². The van der Waals surface area contributed by atoms with Crippen LogP contribution in [0.15, 0.2) is 24.3 Å². The molecule has 3 heterocycles. The molecular weight excluding hydrogens is 378 g/mol. The molecule has 8 heteroatoms. The van der Waals surface area contributed by atoms with E-state index in [1.165, 1.54) is 4.90 Å². The molecule has 0 aromatic heterocycles. The van der Waals surface area contributed by atoms with Gasteiger partial charge in [-0.05, 0) is 24.5 Å². The number of imide groups is 1. The molecule has 28 heavy (non-hydrogen) atoms. The fourth-order valence-corrected chi connectivity index (χ4v) is 5.59. The lowest BCUT2D eigenvalue weighted by Crippen LogP contribution is -2.99. The molecule has 0 aliphatic carbocycles. The van der Waals surface area contributed by atoms with Gasteiger partial charge in [0.2, 0.25) is 17.4 Å². The molecule has 0 unspecified atom stereocenters. The Labute approximate surface area is 168 Å². The van der Waals surface area contributed by atoms with Crippen LogP contribution in [0.2, 0.25) is 0 Å². The number of quaternary nitrogens is 1. The minimum Gasteiger partial charge on any atom is -0.385 e. The third kappa shape index (κ3) is 2.69. The number of fused-ring (bicyclic) bond motifs is 4. The van der Waals surface area contributed by atoms with Crippen LogP contribution in [-0.4, -0.2) is 60.9 Å². The average molecular weight is 405 g/mol. The van der Waals surface area contributed by atoms with E-state index in [1.54, 1.807) is 18.9 Å². The molecule has 3 aliphatic heterocycles. The number of rotatable bonds is 7. The molecule has 0 saturated carbocycles. The largest absolute Gasteiger partial charge is 0.385 e. The smallest absolute Gasteiger partial charge is 0.291 e. The molecule has 7 nitrogen and oxygen atoms in total. The standard InChI is InChI=1S/C20H25N3O4S/c1-27-10-5-9-23-17(24)15-14(8-11-28-2)22-20(16(15)18(23)25)12-6-3-4-7-13(12)21-19(20)26/h3-4,6-7,14-16,22H,5,8-11H2,1-2H3,(H,21,26)/p+1/t14-,15+,16-,20-/m0/s1. The van der Waals surface area contributed by atoms with Gasteiger partial charge in [0, 0.05) is 32.2 Å². The quantitative estimate of drug-likeness (QED) is 0.499. The third-order valence-corrected chi connectivity index (χ3v) is 6.90. The number of nitrogens with two attached hydrogens (primary N) is 1. The molecule has 3 amide bonds. The van der Waals surface area contributed by atoms with Crippen molar-refractivity contribution < 1.29 is 24.4 Å². The van der Waals surface area contributed by atoms with E-state index in [9.17, 15) is 14.4 Å². The van der Waals surface area contributed by atoms with Gasteiger partial charge in [-0.15, -0.1) is 0 Å². The van der Waals surface area contributed by atoms with Crippen molar-refractivity contribution >= 4 is 35.2 Å². The van der Waals surface area contributed by atoms with Gasteiger partial charge in [-0.3, -0.25) is 19.3 Å². The van der Waals surface area contributed by atoms with Gasteiger partial charge in [-0.2, -0.15) is 11.8 Å². The van der Waals surface area contributed by atoms with Crippen LogP contribution < -0.4 is 10.6 Å². The first kappa shape index (κ1) is 19.4. The lowest BCUT2D eigenvalue weighted by Gasteiger charge is -2.26. The fraction of sp³-hybridized carbons (Fsp3) is 0.550. The van der Waals surface area contributed by atoms with E-state index in [2.05, 4.69) is 5.32 Å². The van der Waals surface area contributed by atoms with Crippen molar-refractivity contribution in [2.75, 3.05) is 37.6 Å². The second kappa shape index (κ2) is 7.50. The minimum absolute atomic E-state index is 0.0850. The molecule has 1 spiro atoms. The van der Waals surface area contributed by atoms with E-state index >= 15 is 0 Å². The summed E-state index contributed by atoms with van der Waals surface area (Å²) >= 11 is 1.71. The normalized spacial score (nSPS) is 30.9. The second-order valence-electron chi connectivity index (χ2n) is 7.66. The van der Waals surface area contributed by atoms with E-state index in [0.29, 0.717) is 19.6 Å². The molecule has 3 aliphatic rings. The number of likely N-dealkylation sites (tertiary alicyclic amines) is 1. The third-order valence-electron chi connectivity index (χ3n) is 6.25. The van der Waals surface area contributed by atoms with Crippen LogP contribution in [0, 0.1) is 11.8 Å². The lowest BCUT2D eigenvalue weighted by molar-refractivity contribution is -0.733. The first-order chi connectivity index (χ1) is 13.6. The Morgan fingerprint density at radius 2 is 2.04 bits per heavy atom. The number of amides is 3. The van der Waals surface area contributed by atoms with E-state index in [0.717, 1.165) is 23.4 Å². The van der Waals surface area contributed by atoms with Crippen LogP contribution in [0.1, 0.15) is 18.4 Å². The van der Waals surface area contributed by atoms with E-state index in [1.807, 2.05) is 35.8 Å². The molecule has 0 bridgehead atoms.